The van der Waals surface area contributed by atoms with Crippen molar-refractivity contribution in [3.8, 4) is 0 Å². The van der Waals surface area contributed by atoms with Crippen molar-refractivity contribution >= 4 is 27.3 Å². The van der Waals surface area contributed by atoms with Gasteiger partial charge in [0, 0.05) is 0 Å². The van der Waals surface area contributed by atoms with Crippen LogP contribution in [0, 0.1) is 0 Å². The van der Waals surface area contributed by atoms with Gasteiger partial charge >= 0.3 is 5.97 Å². The normalized spacial score (nSPS) is 11.4. The van der Waals surface area contributed by atoms with Crippen LogP contribution in [0.5, 0.6) is 0 Å². The molecule has 1 heterocycles. The average molecular weight is 249 g/mol. The number of carbonyl (C=O) groups excluding carboxylic acids is 1. The van der Waals surface area contributed by atoms with E-state index in [9.17, 15) is 13.2 Å². The Kier molecular flexibility index (Phi) is 3.48. The number of carbonyl (C=O) groups is 1. The van der Waals surface area contributed by atoms with E-state index in [1.54, 1.807) is 12.3 Å². The molecule has 1 aromatic heterocycles. The first-order valence-corrected chi connectivity index (χ1v) is 6.55. The summed E-state index contributed by atoms with van der Waals surface area (Å²) in [7, 11) is -2.68. The fraction of sp³-hybridized carbons (Fsp3) is 0.375. The van der Waals surface area contributed by atoms with E-state index < -0.39 is 16.0 Å². The van der Waals surface area contributed by atoms with Crippen LogP contribution in [0.1, 0.15) is 22.2 Å². The number of methoxy groups -OCH3 is 1. The summed E-state index contributed by atoms with van der Waals surface area (Å²) in [6.45, 7) is 1.79. The fourth-order valence-electron chi connectivity index (χ4n) is 1.17. The van der Waals surface area contributed by atoms with Gasteiger partial charge < -0.3 is 4.74 Å². The van der Waals surface area contributed by atoms with Gasteiger partial charge in [-0.25, -0.2) is 18.4 Å². The average Bonchev–Trinajstić information content (AvgIpc) is 2.59. The summed E-state index contributed by atoms with van der Waals surface area (Å²) in [5.74, 6) is -0.677. The summed E-state index contributed by atoms with van der Waals surface area (Å²) in [5.41, 5.74) is 0.544. The zero-order valence-electron chi connectivity index (χ0n) is 8.31. The quantitative estimate of drug-likeness (QED) is 0.801. The van der Waals surface area contributed by atoms with E-state index in [4.69, 9.17) is 5.14 Å². The van der Waals surface area contributed by atoms with Crippen molar-refractivity contribution in [1.82, 2.24) is 0 Å². The molecule has 0 bridgehead atoms. The molecule has 0 fully saturated rings. The monoisotopic (exact) mass is 249 g/mol. The Morgan fingerprint density at radius 1 is 1.60 bits per heavy atom. The molecule has 0 aliphatic rings. The molecule has 1 rings (SSSR count). The highest BCUT2D eigenvalue weighted by atomic mass is 32.2. The molecule has 0 amide bonds. The zero-order valence-corrected chi connectivity index (χ0v) is 9.94. The summed E-state index contributed by atoms with van der Waals surface area (Å²) in [6, 6.07) is 0. The predicted octanol–water partition coefficient (Wildman–Crippen LogP) is 0.745. The minimum Gasteiger partial charge on any atom is -0.465 e. The van der Waals surface area contributed by atoms with E-state index in [-0.39, 0.29) is 9.77 Å². The lowest BCUT2D eigenvalue weighted by Gasteiger charge is -2.02. The van der Waals surface area contributed by atoms with Crippen LogP contribution in [0.4, 0.5) is 0 Å². The van der Waals surface area contributed by atoms with Crippen LogP contribution in [0.2, 0.25) is 0 Å². The molecule has 84 valence electrons. The van der Waals surface area contributed by atoms with E-state index in [2.05, 4.69) is 4.74 Å². The van der Waals surface area contributed by atoms with Crippen molar-refractivity contribution in [2.24, 2.45) is 5.14 Å². The molecule has 0 radical (unpaired) electrons. The molecule has 0 saturated carbocycles. The number of esters is 1. The molecule has 0 spiro atoms. The number of nitrogens with two attached hydrogens (primary N) is 1. The highest BCUT2D eigenvalue weighted by Crippen LogP contribution is 2.27. The second kappa shape index (κ2) is 4.30. The summed E-state index contributed by atoms with van der Waals surface area (Å²) < 4.78 is 27.1. The molecule has 0 aliphatic heterocycles. The lowest BCUT2D eigenvalue weighted by Crippen LogP contribution is -2.17. The van der Waals surface area contributed by atoms with Gasteiger partial charge in [-0.2, -0.15) is 0 Å². The van der Waals surface area contributed by atoms with Crippen LogP contribution < -0.4 is 5.14 Å². The largest absolute Gasteiger partial charge is 0.465 e. The van der Waals surface area contributed by atoms with Gasteiger partial charge in [-0.05, 0) is 17.4 Å². The lowest BCUT2D eigenvalue weighted by atomic mass is 10.2. The smallest absolute Gasteiger partial charge is 0.349 e. The van der Waals surface area contributed by atoms with Gasteiger partial charge in [0.2, 0.25) is 10.0 Å². The van der Waals surface area contributed by atoms with Gasteiger partial charge in [0.1, 0.15) is 9.77 Å². The number of primary sulfonamides is 1. The highest BCUT2D eigenvalue weighted by Gasteiger charge is 2.25. The summed E-state index contributed by atoms with van der Waals surface area (Å²) >= 11 is 1.03. The Labute approximate surface area is 91.9 Å². The topological polar surface area (TPSA) is 86.5 Å². The van der Waals surface area contributed by atoms with E-state index in [0.29, 0.717) is 12.0 Å². The number of sulfonamides is 1. The van der Waals surface area contributed by atoms with Crippen LogP contribution in [0.15, 0.2) is 10.3 Å². The molecule has 2 N–H and O–H groups in total. The third-order valence-corrected chi connectivity index (χ3v) is 4.03. The van der Waals surface area contributed by atoms with Gasteiger partial charge in [-0.15, -0.1) is 11.3 Å². The molecule has 15 heavy (non-hydrogen) atoms. The van der Waals surface area contributed by atoms with Crippen molar-refractivity contribution in [2.45, 2.75) is 18.2 Å². The van der Waals surface area contributed by atoms with Crippen LogP contribution in [-0.2, 0) is 21.2 Å². The van der Waals surface area contributed by atoms with Crippen molar-refractivity contribution in [2.75, 3.05) is 7.11 Å². The number of ether oxygens (including phenoxy) is 1. The van der Waals surface area contributed by atoms with Crippen LogP contribution in [0.25, 0.3) is 0 Å². The molecule has 7 heteroatoms. The Hall–Kier alpha value is -0.920. The Morgan fingerprint density at radius 2 is 2.20 bits per heavy atom. The predicted molar refractivity (Wildman–Crippen MR) is 56.4 cm³/mol. The maximum Gasteiger partial charge on any atom is 0.349 e. The Morgan fingerprint density at radius 3 is 2.60 bits per heavy atom. The molecule has 0 unspecified atom stereocenters. The number of rotatable bonds is 3. The Balaban J connectivity index is 3.43. The first-order valence-electron chi connectivity index (χ1n) is 4.13. The highest BCUT2D eigenvalue weighted by molar-refractivity contribution is 7.89. The maximum atomic E-state index is 11.3. The second-order valence-corrected chi connectivity index (χ2v) is 5.19. The summed E-state index contributed by atoms with van der Waals surface area (Å²) in [4.78, 5) is 11.2. The third kappa shape index (κ3) is 2.36. The number of hydrogen-bond donors (Lipinski definition) is 1. The first-order chi connectivity index (χ1) is 6.91. The minimum atomic E-state index is -3.88. The van der Waals surface area contributed by atoms with Crippen LogP contribution in [0.3, 0.4) is 0 Å². The Bertz CT molecular complexity index is 475. The van der Waals surface area contributed by atoms with Gasteiger partial charge in [-0.3, -0.25) is 0 Å². The SMILES string of the molecule is CCc1csc(C(=O)OC)c1S(N)(=O)=O. The minimum absolute atomic E-state index is 0.0388. The maximum absolute atomic E-state index is 11.3. The molecule has 1 aromatic rings. The fourth-order valence-corrected chi connectivity index (χ4v) is 3.61. The van der Waals surface area contributed by atoms with Gasteiger partial charge in [0.15, 0.2) is 0 Å². The van der Waals surface area contributed by atoms with Crippen molar-refractivity contribution < 1.29 is 17.9 Å². The standard InChI is InChI=1S/C8H11NO4S2/c1-3-5-4-14-6(8(10)13-2)7(5)15(9,11)12/h4H,3H2,1-2H3,(H2,9,11,12). The van der Waals surface area contributed by atoms with Gasteiger partial charge in [0.05, 0.1) is 7.11 Å². The van der Waals surface area contributed by atoms with Crippen molar-refractivity contribution in [1.29, 1.82) is 0 Å². The number of thiophene rings is 1. The molecular weight excluding hydrogens is 238 g/mol. The van der Waals surface area contributed by atoms with E-state index >= 15 is 0 Å². The summed E-state index contributed by atoms with van der Waals surface area (Å²) in [5, 5.41) is 6.65. The molecular formula is C8H11NO4S2. The lowest BCUT2D eigenvalue weighted by molar-refractivity contribution is 0.0602. The summed E-state index contributed by atoms with van der Waals surface area (Å²) in [6.07, 6.45) is 0.499. The van der Waals surface area contributed by atoms with E-state index in [0.717, 1.165) is 11.3 Å². The molecule has 0 saturated heterocycles. The van der Waals surface area contributed by atoms with Crippen molar-refractivity contribution in [3.63, 3.8) is 0 Å². The number of aryl methyl sites for hydroxylation is 1. The second-order valence-electron chi connectivity index (χ2n) is 2.81. The van der Waals surface area contributed by atoms with Crippen LogP contribution in [-0.4, -0.2) is 21.5 Å². The van der Waals surface area contributed by atoms with Gasteiger partial charge in [0.25, 0.3) is 0 Å². The molecule has 0 atom stereocenters. The first kappa shape index (κ1) is 12.2. The van der Waals surface area contributed by atoms with Crippen LogP contribution >= 0.6 is 11.3 Å². The van der Waals surface area contributed by atoms with E-state index in [1.165, 1.54) is 7.11 Å². The molecule has 5 nitrogen and oxygen atoms in total. The number of hydrogen-bond acceptors (Lipinski definition) is 5. The third-order valence-electron chi connectivity index (χ3n) is 1.85. The zero-order chi connectivity index (χ0) is 11.6. The molecule has 0 aliphatic carbocycles. The van der Waals surface area contributed by atoms with Gasteiger partial charge in [-0.1, -0.05) is 6.92 Å². The van der Waals surface area contributed by atoms with Crippen molar-refractivity contribution in [3.05, 3.63) is 15.8 Å². The van der Waals surface area contributed by atoms with E-state index in [1.807, 2.05) is 0 Å². The molecule has 0 aromatic carbocycles.